The fourth-order valence-corrected chi connectivity index (χ4v) is 2.75. The van der Waals surface area contributed by atoms with Crippen LogP contribution >= 0.6 is 0 Å². The van der Waals surface area contributed by atoms with E-state index in [1.807, 2.05) is 44.4 Å². The Labute approximate surface area is 135 Å². The van der Waals surface area contributed by atoms with E-state index >= 15 is 0 Å². The highest BCUT2D eigenvalue weighted by atomic mass is 16.7. The van der Waals surface area contributed by atoms with Gasteiger partial charge in [-0.2, -0.15) is 0 Å². The second-order valence-electron chi connectivity index (χ2n) is 5.79. The molecule has 6 nitrogen and oxygen atoms in total. The number of benzene rings is 1. The van der Waals surface area contributed by atoms with E-state index in [1.54, 1.807) is 11.1 Å². The Hall–Kier alpha value is -1.73. The quantitative estimate of drug-likeness (QED) is 0.787. The van der Waals surface area contributed by atoms with E-state index in [0.29, 0.717) is 5.57 Å². The lowest BCUT2D eigenvalue weighted by molar-refractivity contribution is -0.288. The monoisotopic (exact) mass is 319 g/mol. The molecule has 0 aromatic heterocycles. The highest BCUT2D eigenvalue weighted by Gasteiger charge is 2.46. The molecular weight excluding hydrogens is 298 g/mol. The van der Waals surface area contributed by atoms with Crippen molar-refractivity contribution < 1.29 is 23.7 Å². The van der Waals surface area contributed by atoms with Gasteiger partial charge in [-0.1, -0.05) is 30.3 Å². The van der Waals surface area contributed by atoms with Crippen molar-refractivity contribution in [1.29, 1.82) is 0 Å². The first-order chi connectivity index (χ1) is 11.1. The summed E-state index contributed by atoms with van der Waals surface area (Å²) < 4.78 is 22.7. The lowest BCUT2D eigenvalue weighted by Crippen LogP contribution is -2.54. The fraction of sp³-hybridized carbons (Fsp3) is 0.471. The number of carbonyl (C=O) groups is 1. The number of Topliss-reactive ketones (excluding diaryl/α,β-unsaturated/α-hetero) is 1. The van der Waals surface area contributed by atoms with Gasteiger partial charge in [0.2, 0.25) is 0 Å². The molecule has 124 valence electrons. The van der Waals surface area contributed by atoms with Gasteiger partial charge in [-0.05, 0) is 0 Å². The van der Waals surface area contributed by atoms with Crippen molar-refractivity contribution in [3.8, 4) is 0 Å². The molecule has 0 saturated carbocycles. The summed E-state index contributed by atoms with van der Waals surface area (Å²) in [5.74, 6) is -0.119. The average Bonchev–Trinajstić information content (AvgIpc) is 2.57. The summed E-state index contributed by atoms with van der Waals surface area (Å²) in [6.07, 6.45) is -0.710. The van der Waals surface area contributed by atoms with Gasteiger partial charge >= 0.3 is 0 Å². The SMILES string of the molecule is CO[C@H]1O[C@@H]2COC(c3ccccc3)O[C@H]2C(=O)/C1=C/N(C)C. The average molecular weight is 319 g/mol. The van der Waals surface area contributed by atoms with E-state index in [1.165, 1.54) is 7.11 Å². The van der Waals surface area contributed by atoms with Crippen LogP contribution in [0.1, 0.15) is 11.9 Å². The molecule has 1 unspecified atom stereocenters. The maximum atomic E-state index is 12.8. The van der Waals surface area contributed by atoms with Crippen LogP contribution in [0.5, 0.6) is 0 Å². The van der Waals surface area contributed by atoms with Crippen LogP contribution in [0.15, 0.2) is 42.1 Å². The van der Waals surface area contributed by atoms with Crippen LogP contribution in [0.4, 0.5) is 0 Å². The molecule has 2 aliphatic heterocycles. The van der Waals surface area contributed by atoms with Gasteiger partial charge in [-0.3, -0.25) is 4.79 Å². The molecule has 23 heavy (non-hydrogen) atoms. The van der Waals surface area contributed by atoms with Crippen LogP contribution in [-0.2, 0) is 23.7 Å². The molecule has 2 heterocycles. The predicted octanol–water partition coefficient (Wildman–Crippen LogP) is 1.49. The van der Waals surface area contributed by atoms with Crippen molar-refractivity contribution in [2.75, 3.05) is 27.8 Å². The lowest BCUT2D eigenvalue weighted by Gasteiger charge is -2.41. The number of nitrogens with zero attached hydrogens (tertiary/aromatic N) is 1. The third-order valence-corrected chi connectivity index (χ3v) is 3.80. The zero-order chi connectivity index (χ0) is 16.4. The first kappa shape index (κ1) is 16.1. The summed E-state index contributed by atoms with van der Waals surface area (Å²) in [4.78, 5) is 14.6. The maximum absolute atomic E-state index is 12.8. The molecule has 0 aliphatic carbocycles. The highest BCUT2D eigenvalue weighted by molar-refractivity contribution is 6.00. The summed E-state index contributed by atoms with van der Waals surface area (Å²) >= 11 is 0. The summed E-state index contributed by atoms with van der Waals surface area (Å²) in [5.41, 5.74) is 1.33. The van der Waals surface area contributed by atoms with Crippen LogP contribution in [0, 0.1) is 0 Å². The third-order valence-electron chi connectivity index (χ3n) is 3.80. The molecule has 6 heteroatoms. The molecule has 1 aromatic carbocycles. The molecule has 0 amide bonds. The van der Waals surface area contributed by atoms with Crippen LogP contribution in [0.25, 0.3) is 0 Å². The van der Waals surface area contributed by atoms with Crippen molar-refractivity contribution in [3.05, 3.63) is 47.7 Å². The normalized spacial score (nSPS) is 32.7. The first-order valence-electron chi connectivity index (χ1n) is 7.52. The Morgan fingerprint density at radius 3 is 2.61 bits per heavy atom. The Morgan fingerprint density at radius 1 is 1.22 bits per heavy atom. The van der Waals surface area contributed by atoms with Crippen molar-refractivity contribution in [3.63, 3.8) is 0 Å². The maximum Gasteiger partial charge on any atom is 0.197 e. The van der Waals surface area contributed by atoms with Gasteiger partial charge in [-0.15, -0.1) is 0 Å². The highest BCUT2D eigenvalue weighted by Crippen LogP contribution is 2.34. The number of hydrogen-bond donors (Lipinski definition) is 0. The molecule has 0 radical (unpaired) electrons. The van der Waals surface area contributed by atoms with E-state index in [0.717, 1.165) is 5.56 Å². The molecule has 3 rings (SSSR count). The van der Waals surface area contributed by atoms with Gasteiger partial charge in [0.15, 0.2) is 24.5 Å². The molecular formula is C17H21NO5. The van der Waals surface area contributed by atoms with Gasteiger partial charge in [0.05, 0.1) is 12.2 Å². The van der Waals surface area contributed by atoms with Crippen molar-refractivity contribution in [1.82, 2.24) is 4.90 Å². The minimum Gasteiger partial charge on any atom is -0.383 e. The zero-order valence-corrected chi connectivity index (χ0v) is 13.5. The second kappa shape index (κ2) is 6.80. The fourth-order valence-electron chi connectivity index (χ4n) is 2.75. The molecule has 4 atom stereocenters. The summed E-state index contributed by atoms with van der Waals surface area (Å²) in [7, 11) is 5.20. The minimum atomic E-state index is -0.702. The molecule has 0 N–H and O–H groups in total. The molecule has 2 aliphatic rings. The zero-order valence-electron chi connectivity index (χ0n) is 13.5. The number of fused-ring (bicyclic) bond motifs is 1. The summed E-state index contributed by atoms with van der Waals surface area (Å²) in [5, 5.41) is 0. The number of ether oxygens (including phenoxy) is 4. The van der Waals surface area contributed by atoms with Crippen LogP contribution < -0.4 is 0 Å². The number of ketones is 1. The Morgan fingerprint density at radius 2 is 1.96 bits per heavy atom. The van der Waals surface area contributed by atoms with E-state index in [-0.39, 0.29) is 12.4 Å². The van der Waals surface area contributed by atoms with Crippen molar-refractivity contribution in [2.24, 2.45) is 0 Å². The van der Waals surface area contributed by atoms with E-state index < -0.39 is 24.8 Å². The lowest BCUT2D eigenvalue weighted by atomic mass is 9.97. The number of rotatable bonds is 3. The van der Waals surface area contributed by atoms with Crippen molar-refractivity contribution >= 4 is 5.78 Å². The molecule has 0 bridgehead atoms. The van der Waals surface area contributed by atoms with Gasteiger partial charge in [0, 0.05) is 33.0 Å². The molecule has 1 aromatic rings. The molecule has 2 fully saturated rings. The Bertz CT molecular complexity index is 586. The van der Waals surface area contributed by atoms with Crippen LogP contribution in [-0.4, -0.2) is 57.0 Å². The van der Waals surface area contributed by atoms with E-state index in [4.69, 9.17) is 18.9 Å². The molecule has 2 saturated heterocycles. The second-order valence-corrected chi connectivity index (χ2v) is 5.79. The summed E-state index contributed by atoms with van der Waals surface area (Å²) in [6.45, 7) is 0.283. The number of carbonyl (C=O) groups excluding carboxylic acids is 1. The predicted molar refractivity (Wildman–Crippen MR) is 82.5 cm³/mol. The topological polar surface area (TPSA) is 57.2 Å². The van der Waals surface area contributed by atoms with Gasteiger partial charge in [0.25, 0.3) is 0 Å². The first-order valence-corrected chi connectivity index (χ1v) is 7.52. The Balaban J connectivity index is 1.82. The van der Waals surface area contributed by atoms with Crippen LogP contribution in [0.2, 0.25) is 0 Å². The largest absolute Gasteiger partial charge is 0.383 e. The van der Waals surface area contributed by atoms with Gasteiger partial charge < -0.3 is 23.8 Å². The minimum absolute atomic E-state index is 0.119. The van der Waals surface area contributed by atoms with E-state index in [2.05, 4.69) is 0 Å². The van der Waals surface area contributed by atoms with E-state index in [9.17, 15) is 4.79 Å². The smallest absolute Gasteiger partial charge is 0.197 e. The summed E-state index contributed by atoms with van der Waals surface area (Å²) in [6, 6.07) is 9.56. The standard InChI is InChI=1S/C17H21NO5/c1-18(2)9-12-14(19)15-13(22-17(12)20-3)10-21-16(23-15)11-7-5-4-6-8-11/h4-9,13,15-17H,10H2,1-3H3/b12-9-/t13-,15-,16?,17+/m1/s1. The van der Waals surface area contributed by atoms with Crippen molar-refractivity contribution in [2.45, 2.75) is 24.8 Å². The number of methoxy groups -OCH3 is 1. The number of hydrogen-bond acceptors (Lipinski definition) is 6. The van der Waals surface area contributed by atoms with Crippen LogP contribution in [0.3, 0.4) is 0 Å². The van der Waals surface area contributed by atoms with Gasteiger partial charge in [-0.25, -0.2) is 0 Å². The third kappa shape index (κ3) is 3.30. The molecule has 0 spiro atoms. The van der Waals surface area contributed by atoms with Gasteiger partial charge in [0.1, 0.15) is 6.10 Å². The Kier molecular flexibility index (Phi) is 4.77.